The number of aliphatic hydroxyl groups excluding tert-OH is 1. The zero-order valence-electron chi connectivity index (χ0n) is 13.4. The Morgan fingerprint density at radius 2 is 1.92 bits per heavy atom. The fraction of sp³-hybridized carbons (Fsp3) is 0.333. The molecular weight excluding hydrogens is 306 g/mol. The molecule has 6 nitrogen and oxygen atoms in total. The molecule has 0 radical (unpaired) electrons. The first-order valence-electron chi connectivity index (χ1n) is 8.10. The number of aromatic nitrogens is 2. The number of piperidine rings is 1. The van der Waals surface area contributed by atoms with Crippen LogP contribution in [0.25, 0.3) is 22.8 Å². The number of hydrogen-bond donors (Lipinski definition) is 1. The van der Waals surface area contributed by atoms with Gasteiger partial charge in [0.1, 0.15) is 11.5 Å². The standard InChI is InChI=1S/C18H19N3O3/c1-12-11-21(7-6-14(12)22)18-19-10-13(15-4-2-8-23-15)17(20-18)16-5-3-9-24-16/h2-5,8-10,12,14,22H,6-7,11H2,1H3/t12-,14+/m1/s1. The monoisotopic (exact) mass is 325 g/mol. The number of furan rings is 2. The lowest BCUT2D eigenvalue weighted by Crippen LogP contribution is -2.42. The lowest BCUT2D eigenvalue weighted by atomic mass is 9.97. The fourth-order valence-corrected chi connectivity index (χ4v) is 3.05. The Labute approximate surface area is 139 Å². The van der Waals surface area contributed by atoms with E-state index in [1.807, 2.05) is 31.2 Å². The highest BCUT2D eigenvalue weighted by Gasteiger charge is 2.26. The Morgan fingerprint density at radius 3 is 2.58 bits per heavy atom. The van der Waals surface area contributed by atoms with E-state index in [0.29, 0.717) is 23.2 Å². The van der Waals surface area contributed by atoms with Crippen LogP contribution in [0.5, 0.6) is 0 Å². The fourth-order valence-electron chi connectivity index (χ4n) is 3.05. The zero-order chi connectivity index (χ0) is 16.5. The Hall–Kier alpha value is -2.60. The second-order valence-corrected chi connectivity index (χ2v) is 6.17. The summed E-state index contributed by atoms with van der Waals surface area (Å²) >= 11 is 0. The number of nitrogens with zero attached hydrogens (tertiary/aromatic N) is 3. The first-order valence-corrected chi connectivity index (χ1v) is 8.10. The predicted molar refractivity (Wildman–Crippen MR) is 89.4 cm³/mol. The molecule has 3 aromatic rings. The minimum Gasteiger partial charge on any atom is -0.464 e. The molecule has 0 aromatic carbocycles. The van der Waals surface area contributed by atoms with Gasteiger partial charge in [-0.05, 0) is 36.6 Å². The first kappa shape index (κ1) is 15.0. The highest BCUT2D eigenvalue weighted by atomic mass is 16.3. The van der Waals surface area contributed by atoms with Crippen molar-refractivity contribution in [3.05, 3.63) is 43.0 Å². The van der Waals surface area contributed by atoms with Crippen LogP contribution in [-0.4, -0.2) is 34.3 Å². The summed E-state index contributed by atoms with van der Waals surface area (Å²) in [7, 11) is 0. The topological polar surface area (TPSA) is 75.5 Å². The molecule has 1 saturated heterocycles. The van der Waals surface area contributed by atoms with E-state index in [4.69, 9.17) is 13.8 Å². The Bertz CT molecular complexity index is 799. The van der Waals surface area contributed by atoms with E-state index in [-0.39, 0.29) is 12.0 Å². The van der Waals surface area contributed by atoms with Crippen molar-refractivity contribution in [2.45, 2.75) is 19.4 Å². The summed E-state index contributed by atoms with van der Waals surface area (Å²) in [6.07, 6.45) is 5.49. The maximum absolute atomic E-state index is 9.92. The van der Waals surface area contributed by atoms with Crippen LogP contribution < -0.4 is 4.90 Å². The SMILES string of the molecule is C[C@@H]1CN(c2ncc(-c3ccco3)c(-c3ccco3)n2)CC[C@@H]1O. The van der Waals surface area contributed by atoms with Crippen molar-refractivity contribution in [2.24, 2.45) is 5.92 Å². The van der Waals surface area contributed by atoms with Gasteiger partial charge in [0.05, 0.1) is 24.2 Å². The average Bonchev–Trinajstić information content (AvgIpc) is 3.30. The van der Waals surface area contributed by atoms with Gasteiger partial charge in [-0.2, -0.15) is 0 Å². The van der Waals surface area contributed by atoms with Crippen LogP contribution in [-0.2, 0) is 0 Å². The second-order valence-electron chi connectivity index (χ2n) is 6.17. The van der Waals surface area contributed by atoms with Gasteiger partial charge in [-0.15, -0.1) is 0 Å². The van der Waals surface area contributed by atoms with Gasteiger partial charge in [-0.25, -0.2) is 9.97 Å². The van der Waals surface area contributed by atoms with Gasteiger partial charge in [-0.3, -0.25) is 0 Å². The van der Waals surface area contributed by atoms with Crippen LogP contribution in [0.1, 0.15) is 13.3 Å². The van der Waals surface area contributed by atoms with Gasteiger partial charge in [0.15, 0.2) is 5.76 Å². The van der Waals surface area contributed by atoms with Crippen molar-refractivity contribution in [3.8, 4) is 22.8 Å². The summed E-state index contributed by atoms with van der Waals surface area (Å²) < 4.78 is 11.1. The van der Waals surface area contributed by atoms with Gasteiger partial charge in [0.2, 0.25) is 5.95 Å². The highest BCUT2D eigenvalue weighted by molar-refractivity contribution is 5.75. The van der Waals surface area contributed by atoms with Gasteiger partial charge < -0.3 is 18.8 Å². The van der Waals surface area contributed by atoms with E-state index in [1.165, 1.54) is 0 Å². The van der Waals surface area contributed by atoms with Crippen molar-refractivity contribution in [2.75, 3.05) is 18.0 Å². The van der Waals surface area contributed by atoms with Crippen LogP contribution in [0.3, 0.4) is 0 Å². The summed E-state index contributed by atoms with van der Waals surface area (Å²) in [5.74, 6) is 2.22. The van der Waals surface area contributed by atoms with Gasteiger partial charge >= 0.3 is 0 Å². The Balaban J connectivity index is 1.74. The molecule has 4 heterocycles. The average molecular weight is 325 g/mol. The minimum atomic E-state index is -0.256. The molecular formula is C18H19N3O3. The van der Waals surface area contributed by atoms with E-state index in [1.54, 1.807) is 18.7 Å². The third-order valence-electron chi connectivity index (χ3n) is 4.46. The summed E-state index contributed by atoms with van der Waals surface area (Å²) in [6, 6.07) is 7.43. The van der Waals surface area contributed by atoms with E-state index in [0.717, 1.165) is 25.1 Å². The zero-order valence-corrected chi connectivity index (χ0v) is 13.4. The van der Waals surface area contributed by atoms with Gasteiger partial charge in [0, 0.05) is 19.3 Å². The number of rotatable bonds is 3. The van der Waals surface area contributed by atoms with E-state index in [2.05, 4.69) is 9.88 Å². The molecule has 124 valence electrons. The Kier molecular flexibility index (Phi) is 3.82. The van der Waals surface area contributed by atoms with Crippen molar-refractivity contribution < 1.29 is 13.9 Å². The van der Waals surface area contributed by atoms with Crippen molar-refractivity contribution in [1.29, 1.82) is 0 Å². The van der Waals surface area contributed by atoms with E-state index >= 15 is 0 Å². The molecule has 3 aromatic heterocycles. The molecule has 0 unspecified atom stereocenters. The molecule has 0 amide bonds. The van der Waals surface area contributed by atoms with Crippen LogP contribution in [0.15, 0.2) is 51.8 Å². The maximum Gasteiger partial charge on any atom is 0.226 e. The molecule has 0 aliphatic carbocycles. The third-order valence-corrected chi connectivity index (χ3v) is 4.46. The van der Waals surface area contributed by atoms with Crippen LogP contribution in [0, 0.1) is 5.92 Å². The van der Waals surface area contributed by atoms with Crippen LogP contribution in [0.2, 0.25) is 0 Å². The quantitative estimate of drug-likeness (QED) is 0.797. The molecule has 1 fully saturated rings. The maximum atomic E-state index is 9.92. The summed E-state index contributed by atoms with van der Waals surface area (Å²) in [6.45, 7) is 3.52. The minimum absolute atomic E-state index is 0.194. The van der Waals surface area contributed by atoms with E-state index in [9.17, 15) is 5.11 Å². The number of hydrogen-bond acceptors (Lipinski definition) is 6. The summed E-state index contributed by atoms with van der Waals surface area (Å²) in [5, 5.41) is 9.92. The third kappa shape index (κ3) is 2.69. The normalized spacial score (nSPS) is 21.2. The number of anilines is 1. The van der Waals surface area contributed by atoms with Crippen molar-refractivity contribution >= 4 is 5.95 Å². The molecule has 2 atom stereocenters. The summed E-state index contributed by atoms with van der Waals surface area (Å²) in [5.41, 5.74) is 1.50. The number of aliphatic hydroxyl groups is 1. The smallest absolute Gasteiger partial charge is 0.226 e. The van der Waals surface area contributed by atoms with Gasteiger partial charge in [-0.1, -0.05) is 6.92 Å². The lowest BCUT2D eigenvalue weighted by Gasteiger charge is -2.34. The van der Waals surface area contributed by atoms with Crippen LogP contribution >= 0.6 is 0 Å². The molecule has 0 spiro atoms. The molecule has 4 rings (SSSR count). The summed E-state index contributed by atoms with van der Waals surface area (Å²) in [4.78, 5) is 11.4. The molecule has 24 heavy (non-hydrogen) atoms. The van der Waals surface area contributed by atoms with Gasteiger partial charge in [0.25, 0.3) is 0 Å². The van der Waals surface area contributed by atoms with E-state index < -0.39 is 0 Å². The molecule has 1 aliphatic heterocycles. The molecule has 1 aliphatic rings. The second kappa shape index (κ2) is 6.13. The largest absolute Gasteiger partial charge is 0.464 e. The molecule has 0 saturated carbocycles. The predicted octanol–water partition coefficient (Wildman–Crippen LogP) is 3.20. The van der Waals surface area contributed by atoms with Crippen molar-refractivity contribution in [3.63, 3.8) is 0 Å². The molecule has 6 heteroatoms. The highest BCUT2D eigenvalue weighted by Crippen LogP contribution is 2.32. The van der Waals surface area contributed by atoms with Crippen LogP contribution in [0.4, 0.5) is 5.95 Å². The molecule has 1 N–H and O–H groups in total. The lowest BCUT2D eigenvalue weighted by molar-refractivity contribution is 0.0966. The van der Waals surface area contributed by atoms with Crippen molar-refractivity contribution in [1.82, 2.24) is 9.97 Å². The first-order chi connectivity index (χ1) is 11.7. The molecule has 0 bridgehead atoms. The Morgan fingerprint density at radius 1 is 1.17 bits per heavy atom.